The molecule has 0 radical (unpaired) electrons. The molecule has 2 aromatic rings. The van der Waals surface area contributed by atoms with Crippen LogP contribution in [-0.4, -0.2) is 28.4 Å². The van der Waals surface area contributed by atoms with Crippen molar-refractivity contribution in [2.75, 3.05) is 20.0 Å². The molecule has 1 N–H and O–H groups in total. The summed E-state index contributed by atoms with van der Waals surface area (Å²) in [4.78, 5) is 0.118. The van der Waals surface area contributed by atoms with Crippen molar-refractivity contribution in [3.63, 3.8) is 0 Å². The van der Waals surface area contributed by atoms with Crippen LogP contribution in [0.15, 0.2) is 41.3 Å². The van der Waals surface area contributed by atoms with Gasteiger partial charge in [0.1, 0.15) is 13.2 Å². The summed E-state index contributed by atoms with van der Waals surface area (Å²) in [6.45, 7) is 4.66. The predicted molar refractivity (Wildman–Crippen MR) is 93.3 cm³/mol. The van der Waals surface area contributed by atoms with Gasteiger partial charge < -0.3 is 18.9 Å². The van der Waals surface area contributed by atoms with E-state index in [9.17, 15) is 8.42 Å². The highest BCUT2D eigenvalue weighted by molar-refractivity contribution is 7.89. The van der Waals surface area contributed by atoms with Crippen LogP contribution in [0, 0.1) is 0 Å². The molecule has 0 aliphatic carbocycles. The van der Waals surface area contributed by atoms with Gasteiger partial charge in [0.25, 0.3) is 0 Å². The fourth-order valence-electron chi connectivity index (χ4n) is 2.93. The van der Waals surface area contributed by atoms with Gasteiger partial charge in [0.05, 0.1) is 10.4 Å². The Balaban J connectivity index is 1.62. The first-order chi connectivity index (χ1) is 12.4. The van der Waals surface area contributed by atoms with E-state index < -0.39 is 15.6 Å². The van der Waals surface area contributed by atoms with Crippen LogP contribution < -0.4 is 23.7 Å². The van der Waals surface area contributed by atoms with Crippen LogP contribution in [-0.2, 0) is 15.6 Å². The van der Waals surface area contributed by atoms with Crippen molar-refractivity contribution in [2.24, 2.45) is 0 Å². The highest BCUT2D eigenvalue weighted by Crippen LogP contribution is 2.36. The van der Waals surface area contributed by atoms with E-state index in [1.54, 1.807) is 32.0 Å². The maximum absolute atomic E-state index is 12.8. The monoisotopic (exact) mass is 377 g/mol. The average Bonchev–Trinajstić information content (AvgIpc) is 3.08. The minimum Gasteiger partial charge on any atom is -0.486 e. The molecule has 2 aliphatic heterocycles. The molecular weight excluding hydrogens is 358 g/mol. The van der Waals surface area contributed by atoms with Gasteiger partial charge in [0.2, 0.25) is 16.8 Å². The molecule has 8 heteroatoms. The first-order valence-electron chi connectivity index (χ1n) is 8.19. The van der Waals surface area contributed by atoms with E-state index in [1.165, 1.54) is 12.1 Å². The van der Waals surface area contributed by atoms with Gasteiger partial charge >= 0.3 is 0 Å². The summed E-state index contributed by atoms with van der Waals surface area (Å²) in [5.74, 6) is 2.23. The minimum atomic E-state index is -3.77. The van der Waals surface area contributed by atoms with E-state index in [0.717, 1.165) is 5.56 Å². The van der Waals surface area contributed by atoms with Crippen LogP contribution in [0.3, 0.4) is 0 Å². The number of hydrogen-bond acceptors (Lipinski definition) is 6. The zero-order valence-corrected chi connectivity index (χ0v) is 15.3. The molecule has 2 aromatic carbocycles. The average molecular weight is 377 g/mol. The molecular formula is C18H19NO6S. The van der Waals surface area contributed by atoms with Crippen LogP contribution >= 0.6 is 0 Å². The molecule has 0 saturated heterocycles. The highest BCUT2D eigenvalue weighted by Gasteiger charge is 2.30. The lowest BCUT2D eigenvalue weighted by molar-refractivity contribution is 0.171. The number of hydrogen-bond donors (Lipinski definition) is 1. The fraction of sp³-hybridized carbons (Fsp3) is 0.333. The summed E-state index contributed by atoms with van der Waals surface area (Å²) in [5, 5.41) is 0. The maximum Gasteiger partial charge on any atom is 0.241 e. The van der Waals surface area contributed by atoms with Crippen molar-refractivity contribution in [1.82, 2.24) is 4.72 Å². The Morgan fingerprint density at radius 1 is 0.846 bits per heavy atom. The lowest BCUT2D eigenvalue weighted by atomic mass is 9.95. The number of benzene rings is 2. The number of ether oxygens (including phenoxy) is 4. The normalized spacial score (nSPS) is 15.8. The summed E-state index contributed by atoms with van der Waals surface area (Å²) in [6, 6.07) is 9.97. The van der Waals surface area contributed by atoms with Crippen molar-refractivity contribution in [1.29, 1.82) is 0 Å². The van der Waals surface area contributed by atoms with Gasteiger partial charge in [-0.1, -0.05) is 6.07 Å². The molecule has 7 nitrogen and oxygen atoms in total. The third-order valence-electron chi connectivity index (χ3n) is 4.31. The quantitative estimate of drug-likeness (QED) is 0.881. The van der Waals surface area contributed by atoms with E-state index in [-0.39, 0.29) is 11.7 Å². The van der Waals surface area contributed by atoms with Gasteiger partial charge in [-0.15, -0.1) is 0 Å². The van der Waals surface area contributed by atoms with Crippen molar-refractivity contribution < 1.29 is 27.4 Å². The second-order valence-corrected chi connectivity index (χ2v) is 8.29. The lowest BCUT2D eigenvalue weighted by Gasteiger charge is -2.28. The minimum absolute atomic E-state index is 0.0922. The molecule has 0 spiro atoms. The molecule has 4 rings (SSSR count). The molecule has 0 unspecified atom stereocenters. The number of rotatable bonds is 4. The SMILES string of the molecule is CC(C)(NS(=O)(=O)c1ccc2c(c1)OCO2)c1ccc2c(c1)OCCO2. The summed E-state index contributed by atoms with van der Waals surface area (Å²) in [7, 11) is -3.77. The lowest BCUT2D eigenvalue weighted by Crippen LogP contribution is -2.41. The first-order valence-corrected chi connectivity index (χ1v) is 9.67. The van der Waals surface area contributed by atoms with E-state index in [4.69, 9.17) is 18.9 Å². The Hall–Kier alpha value is -2.45. The Morgan fingerprint density at radius 3 is 2.27 bits per heavy atom. The van der Waals surface area contributed by atoms with Crippen LogP contribution in [0.2, 0.25) is 0 Å². The predicted octanol–water partition coefficient (Wildman–Crippen LogP) is 2.40. The Bertz CT molecular complexity index is 954. The molecule has 2 aliphatic rings. The van der Waals surface area contributed by atoms with Gasteiger partial charge in [-0.2, -0.15) is 0 Å². The molecule has 0 aromatic heterocycles. The molecule has 0 amide bonds. The first kappa shape index (κ1) is 17.0. The largest absolute Gasteiger partial charge is 0.486 e. The Labute approximate surface area is 151 Å². The standard InChI is InChI=1S/C18H19NO6S/c1-18(2,12-3-5-14-16(9-12)23-8-7-22-14)19-26(20,21)13-4-6-15-17(10-13)25-11-24-15/h3-6,9-10,19H,7-8,11H2,1-2H3. The maximum atomic E-state index is 12.8. The molecule has 0 saturated carbocycles. The summed E-state index contributed by atoms with van der Waals surface area (Å²) in [6.07, 6.45) is 0. The molecule has 0 bridgehead atoms. The van der Waals surface area contributed by atoms with Crippen molar-refractivity contribution in [2.45, 2.75) is 24.3 Å². The number of fused-ring (bicyclic) bond motifs is 2. The summed E-state index contributed by atoms with van der Waals surface area (Å²) < 4.78 is 50.0. The van der Waals surface area contributed by atoms with Crippen molar-refractivity contribution in [3.8, 4) is 23.0 Å². The van der Waals surface area contributed by atoms with E-state index >= 15 is 0 Å². The Kier molecular flexibility index (Phi) is 3.96. The van der Waals surface area contributed by atoms with Crippen molar-refractivity contribution in [3.05, 3.63) is 42.0 Å². The number of sulfonamides is 1. The zero-order chi connectivity index (χ0) is 18.4. The molecule has 0 atom stereocenters. The molecule has 26 heavy (non-hydrogen) atoms. The van der Waals surface area contributed by atoms with E-state index in [1.807, 2.05) is 6.07 Å². The number of nitrogens with one attached hydrogen (secondary N) is 1. The van der Waals surface area contributed by atoms with E-state index in [2.05, 4.69) is 4.72 Å². The molecule has 2 heterocycles. The third-order valence-corrected chi connectivity index (χ3v) is 5.96. The van der Waals surface area contributed by atoms with Crippen LogP contribution in [0.25, 0.3) is 0 Å². The van der Waals surface area contributed by atoms with E-state index in [0.29, 0.717) is 36.2 Å². The highest BCUT2D eigenvalue weighted by atomic mass is 32.2. The topological polar surface area (TPSA) is 83.1 Å². The van der Waals surface area contributed by atoms with Crippen LogP contribution in [0.1, 0.15) is 19.4 Å². The van der Waals surface area contributed by atoms with Gasteiger partial charge in [-0.3, -0.25) is 0 Å². The summed E-state index contributed by atoms with van der Waals surface area (Å²) >= 11 is 0. The van der Waals surface area contributed by atoms with Crippen molar-refractivity contribution >= 4 is 10.0 Å². The van der Waals surface area contributed by atoms with Gasteiger partial charge in [0.15, 0.2) is 23.0 Å². The van der Waals surface area contributed by atoms with Crippen LogP contribution in [0.4, 0.5) is 0 Å². The van der Waals surface area contributed by atoms with Gasteiger partial charge in [-0.25, -0.2) is 13.1 Å². The summed E-state index contributed by atoms with van der Waals surface area (Å²) in [5.41, 5.74) is -0.0866. The second-order valence-electron chi connectivity index (χ2n) is 6.60. The van der Waals surface area contributed by atoms with Gasteiger partial charge in [0, 0.05) is 6.07 Å². The van der Waals surface area contributed by atoms with Crippen LogP contribution in [0.5, 0.6) is 23.0 Å². The third kappa shape index (κ3) is 3.06. The molecule has 138 valence electrons. The Morgan fingerprint density at radius 2 is 1.46 bits per heavy atom. The smallest absolute Gasteiger partial charge is 0.241 e. The fourth-order valence-corrected chi connectivity index (χ4v) is 4.35. The second kappa shape index (κ2) is 6.07. The zero-order valence-electron chi connectivity index (χ0n) is 14.4. The molecule has 0 fully saturated rings. The van der Waals surface area contributed by atoms with Gasteiger partial charge in [-0.05, 0) is 43.7 Å².